The normalized spacial score (nSPS) is 11.9. The van der Waals surface area contributed by atoms with Gasteiger partial charge in [-0.2, -0.15) is 0 Å². The minimum Gasteiger partial charge on any atom is -0.490 e. The van der Waals surface area contributed by atoms with Gasteiger partial charge >= 0.3 is 11.9 Å². The first-order valence-corrected chi connectivity index (χ1v) is 15.0. The van der Waals surface area contributed by atoms with Gasteiger partial charge in [-0.3, -0.25) is 0 Å². The Bertz CT molecular complexity index is 1630. The summed E-state index contributed by atoms with van der Waals surface area (Å²) in [6, 6.07) is 28.6. The number of halogens is 1. The maximum absolute atomic E-state index is 11.3. The summed E-state index contributed by atoms with van der Waals surface area (Å²) in [4.78, 5) is 21.9. The third-order valence-electron chi connectivity index (χ3n) is 6.71. The Balaban J connectivity index is 1.21. The van der Waals surface area contributed by atoms with E-state index in [9.17, 15) is 14.7 Å². The maximum atomic E-state index is 11.3. The molecule has 1 unspecified atom stereocenters. The second-order valence-corrected chi connectivity index (χ2v) is 10.5. The van der Waals surface area contributed by atoms with E-state index in [1.54, 1.807) is 19.1 Å². The van der Waals surface area contributed by atoms with Gasteiger partial charge in [-0.1, -0.05) is 84.4 Å². The molecule has 0 aliphatic heterocycles. The maximum Gasteiger partial charge on any atom is 0.341 e. The van der Waals surface area contributed by atoms with Crippen molar-refractivity contribution in [3.8, 4) is 28.4 Å². The molecule has 8 nitrogen and oxygen atoms in total. The van der Waals surface area contributed by atoms with Crippen LogP contribution in [0.1, 0.15) is 23.6 Å². The van der Waals surface area contributed by atoms with Gasteiger partial charge in [-0.15, -0.1) is 0 Å². The zero-order chi connectivity index (χ0) is 32.7. The minimum absolute atomic E-state index is 0.306. The van der Waals surface area contributed by atoms with E-state index in [4.69, 9.17) is 35.7 Å². The molecule has 0 aliphatic rings. The summed E-state index contributed by atoms with van der Waals surface area (Å²) in [6.07, 6.45) is 7.25. The molecular formula is C37H35ClO8. The second kappa shape index (κ2) is 17.4. The zero-order valence-corrected chi connectivity index (χ0v) is 26.1. The van der Waals surface area contributed by atoms with Crippen molar-refractivity contribution in [2.75, 3.05) is 26.4 Å². The summed E-state index contributed by atoms with van der Waals surface area (Å²) in [6.45, 7) is 2.41. The fourth-order valence-electron chi connectivity index (χ4n) is 4.41. The third-order valence-corrected chi connectivity index (χ3v) is 7.01. The van der Waals surface area contributed by atoms with Crippen molar-refractivity contribution < 1.29 is 38.7 Å². The SMILES string of the molecule is CCOC(Cc1ccc(OC/C=C/c2ccc(-c3ccc(/C=C\COc4ccc(OCC(=O)O)cc4Cl)cc3)cc2)cc1)C(=O)O. The number of aliphatic carboxylic acids is 2. The van der Waals surface area contributed by atoms with Crippen molar-refractivity contribution in [2.45, 2.75) is 19.4 Å². The number of rotatable bonds is 17. The summed E-state index contributed by atoms with van der Waals surface area (Å²) >= 11 is 6.21. The van der Waals surface area contributed by atoms with E-state index in [0.29, 0.717) is 48.5 Å². The molecule has 46 heavy (non-hydrogen) atoms. The molecule has 0 aromatic heterocycles. The van der Waals surface area contributed by atoms with E-state index in [1.807, 2.05) is 60.7 Å². The van der Waals surface area contributed by atoms with Crippen LogP contribution < -0.4 is 14.2 Å². The fourth-order valence-corrected chi connectivity index (χ4v) is 4.64. The Hall–Kier alpha value is -5.05. The Morgan fingerprint density at radius 2 is 1.30 bits per heavy atom. The lowest BCUT2D eigenvalue weighted by atomic mass is 10.0. The molecule has 2 N–H and O–H groups in total. The van der Waals surface area contributed by atoms with Crippen LogP contribution in [0.2, 0.25) is 5.02 Å². The molecular weight excluding hydrogens is 608 g/mol. The van der Waals surface area contributed by atoms with Crippen molar-refractivity contribution in [1.29, 1.82) is 0 Å². The van der Waals surface area contributed by atoms with Gasteiger partial charge in [-0.25, -0.2) is 9.59 Å². The van der Waals surface area contributed by atoms with Crippen LogP contribution in [0.3, 0.4) is 0 Å². The van der Waals surface area contributed by atoms with E-state index in [2.05, 4.69) is 36.4 Å². The van der Waals surface area contributed by atoms with Crippen LogP contribution in [0, 0.1) is 0 Å². The van der Waals surface area contributed by atoms with Crippen molar-refractivity contribution in [3.05, 3.63) is 125 Å². The molecule has 0 bridgehead atoms. The molecule has 9 heteroatoms. The topological polar surface area (TPSA) is 112 Å². The Labute approximate surface area is 273 Å². The highest BCUT2D eigenvalue weighted by Crippen LogP contribution is 2.29. The van der Waals surface area contributed by atoms with Gasteiger partial charge in [0, 0.05) is 19.1 Å². The van der Waals surface area contributed by atoms with Gasteiger partial charge in [0.15, 0.2) is 12.7 Å². The highest BCUT2D eigenvalue weighted by molar-refractivity contribution is 6.32. The van der Waals surface area contributed by atoms with Crippen LogP contribution in [0.25, 0.3) is 23.3 Å². The first-order valence-electron chi connectivity index (χ1n) is 14.7. The number of ether oxygens (including phenoxy) is 4. The van der Waals surface area contributed by atoms with Crippen LogP contribution in [0.4, 0.5) is 0 Å². The number of carbonyl (C=O) groups is 2. The first-order chi connectivity index (χ1) is 22.3. The molecule has 0 spiro atoms. The monoisotopic (exact) mass is 642 g/mol. The number of carboxylic acid groups (broad SMARTS) is 2. The predicted molar refractivity (Wildman–Crippen MR) is 179 cm³/mol. The lowest BCUT2D eigenvalue weighted by Gasteiger charge is -2.12. The molecule has 0 aliphatic carbocycles. The number of hydrogen-bond donors (Lipinski definition) is 2. The molecule has 0 amide bonds. The second-order valence-electron chi connectivity index (χ2n) is 10.1. The summed E-state index contributed by atoms with van der Waals surface area (Å²) in [5.41, 5.74) is 5.16. The molecule has 0 saturated carbocycles. The van der Waals surface area contributed by atoms with Gasteiger partial charge < -0.3 is 29.2 Å². The van der Waals surface area contributed by atoms with Gasteiger partial charge in [-0.05, 0) is 71.2 Å². The van der Waals surface area contributed by atoms with E-state index < -0.39 is 24.6 Å². The van der Waals surface area contributed by atoms with Crippen LogP contribution >= 0.6 is 11.6 Å². The van der Waals surface area contributed by atoms with Crippen LogP contribution in [0.5, 0.6) is 17.2 Å². The van der Waals surface area contributed by atoms with Gasteiger partial charge in [0.2, 0.25) is 0 Å². The number of carboxylic acids is 2. The average molecular weight is 643 g/mol. The Morgan fingerprint density at radius 1 is 0.739 bits per heavy atom. The van der Waals surface area contributed by atoms with Gasteiger partial charge in [0.1, 0.15) is 30.5 Å². The van der Waals surface area contributed by atoms with Crippen molar-refractivity contribution in [3.63, 3.8) is 0 Å². The predicted octanol–water partition coefficient (Wildman–Crippen LogP) is 7.69. The summed E-state index contributed by atoms with van der Waals surface area (Å²) < 4.78 is 21.9. The standard InChI is InChI=1S/C37H35ClO8/c1-2-43-35(37(41)42)23-28-11-17-31(18-12-28)44-21-3-5-26-7-13-29(14-8-26)30-15-9-27(10-16-30)6-4-22-45-34-20-19-32(24-33(34)38)46-25-36(39)40/h3-20,24,35H,2,21-23,25H2,1H3,(H,39,40)(H,41,42)/b5-3+,6-4-. The highest BCUT2D eigenvalue weighted by atomic mass is 35.5. The zero-order valence-electron chi connectivity index (χ0n) is 25.3. The van der Waals surface area contributed by atoms with E-state index in [1.165, 1.54) is 6.07 Å². The molecule has 0 fully saturated rings. The third kappa shape index (κ3) is 10.8. The lowest BCUT2D eigenvalue weighted by molar-refractivity contribution is -0.150. The molecule has 4 aromatic carbocycles. The van der Waals surface area contributed by atoms with Crippen LogP contribution in [-0.2, 0) is 20.7 Å². The molecule has 0 radical (unpaired) electrons. The molecule has 1 atom stereocenters. The van der Waals surface area contributed by atoms with Crippen LogP contribution in [0.15, 0.2) is 103 Å². The minimum atomic E-state index is -1.06. The smallest absolute Gasteiger partial charge is 0.341 e. The number of benzene rings is 4. The lowest BCUT2D eigenvalue weighted by Crippen LogP contribution is -2.26. The molecule has 238 valence electrons. The summed E-state index contributed by atoms with van der Waals surface area (Å²) in [7, 11) is 0. The number of hydrogen-bond acceptors (Lipinski definition) is 6. The van der Waals surface area contributed by atoms with E-state index in [-0.39, 0.29) is 0 Å². The molecule has 4 rings (SSSR count). The molecule has 0 heterocycles. The largest absolute Gasteiger partial charge is 0.490 e. The molecule has 4 aromatic rings. The summed E-state index contributed by atoms with van der Waals surface area (Å²) in [5.74, 6) is -0.479. The van der Waals surface area contributed by atoms with Crippen molar-refractivity contribution in [2.24, 2.45) is 0 Å². The van der Waals surface area contributed by atoms with E-state index in [0.717, 1.165) is 27.8 Å². The van der Waals surface area contributed by atoms with Gasteiger partial charge in [0.25, 0.3) is 0 Å². The summed E-state index contributed by atoms with van der Waals surface area (Å²) in [5, 5.41) is 18.3. The first kappa shape index (κ1) is 33.8. The average Bonchev–Trinajstić information content (AvgIpc) is 3.06. The Morgan fingerprint density at radius 3 is 1.83 bits per heavy atom. The van der Waals surface area contributed by atoms with Crippen molar-refractivity contribution >= 4 is 35.7 Å². The Kier molecular flexibility index (Phi) is 12.8. The quantitative estimate of drug-likeness (QED) is 0.121. The van der Waals surface area contributed by atoms with Gasteiger partial charge in [0.05, 0.1) is 5.02 Å². The van der Waals surface area contributed by atoms with E-state index >= 15 is 0 Å². The molecule has 0 saturated heterocycles. The van der Waals surface area contributed by atoms with Crippen LogP contribution in [-0.4, -0.2) is 54.7 Å². The highest BCUT2D eigenvalue weighted by Gasteiger charge is 2.17. The fraction of sp³-hybridized carbons (Fsp3) is 0.189. The van der Waals surface area contributed by atoms with Crippen molar-refractivity contribution in [1.82, 2.24) is 0 Å².